The van der Waals surface area contributed by atoms with Crippen molar-refractivity contribution in [1.29, 1.82) is 0 Å². The topological polar surface area (TPSA) is 57.0 Å². The zero-order chi connectivity index (χ0) is 21.2. The van der Waals surface area contributed by atoms with E-state index in [1.165, 1.54) is 24.4 Å². The van der Waals surface area contributed by atoms with Gasteiger partial charge in [-0.15, -0.1) is 10.2 Å². The first-order valence-corrected chi connectivity index (χ1v) is 10.5. The van der Waals surface area contributed by atoms with Gasteiger partial charge in [0.2, 0.25) is 0 Å². The average molecular weight is 430 g/mol. The number of carbonyl (C=O) groups excluding carboxylic acids is 1. The van der Waals surface area contributed by atoms with E-state index in [1.54, 1.807) is 6.92 Å². The highest BCUT2D eigenvalue weighted by Crippen LogP contribution is 2.32. The van der Waals surface area contributed by atoms with Gasteiger partial charge in [0, 0.05) is 16.3 Å². The van der Waals surface area contributed by atoms with E-state index in [1.807, 2.05) is 28.8 Å². The van der Waals surface area contributed by atoms with E-state index in [9.17, 15) is 4.79 Å². The van der Waals surface area contributed by atoms with Gasteiger partial charge in [-0.05, 0) is 42.2 Å². The summed E-state index contributed by atoms with van der Waals surface area (Å²) in [4.78, 5) is 11.9. The minimum absolute atomic E-state index is 0.0688. The Balaban J connectivity index is 2.07. The monoisotopic (exact) mass is 429 g/mol. The van der Waals surface area contributed by atoms with Gasteiger partial charge in [0.25, 0.3) is 0 Å². The molecule has 1 aromatic heterocycles. The Morgan fingerprint density at radius 3 is 2.24 bits per heavy atom. The molecule has 2 aromatic carbocycles. The third-order valence-corrected chi connectivity index (χ3v) is 5.82. The van der Waals surface area contributed by atoms with Crippen LogP contribution >= 0.6 is 23.4 Å². The fourth-order valence-corrected chi connectivity index (χ4v) is 3.87. The summed E-state index contributed by atoms with van der Waals surface area (Å²) in [5.41, 5.74) is 3.12. The van der Waals surface area contributed by atoms with Gasteiger partial charge in [-0.2, -0.15) is 0 Å². The zero-order valence-electron chi connectivity index (χ0n) is 17.1. The maximum absolute atomic E-state index is 11.9. The molecule has 0 aliphatic heterocycles. The van der Waals surface area contributed by atoms with Crippen molar-refractivity contribution < 1.29 is 9.53 Å². The van der Waals surface area contributed by atoms with Crippen LogP contribution in [0.25, 0.3) is 17.1 Å². The summed E-state index contributed by atoms with van der Waals surface area (Å²) in [7, 11) is 1.38. The molecule has 1 atom stereocenters. The molecule has 7 heteroatoms. The number of nitrogens with zero attached hydrogens (tertiary/aromatic N) is 3. The van der Waals surface area contributed by atoms with Gasteiger partial charge in [-0.25, -0.2) is 0 Å². The average Bonchev–Trinajstić information content (AvgIpc) is 3.10. The summed E-state index contributed by atoms with van der Waals surface area (Å²) < 4.78 is 6.78. The molecule has 0 saturated heterocycles. The molecule has 0 amide bonds. The van der Waals surface area contributed by atoms with Gasteiger partial charge in [0.15, 0.2) is 11.0 Å². The van der Waals surface area contributed by atoms with E-state index in [0.29, 0.717) is 16.0 Å². The lowest BCUT2D eigenvalue weighted by molar-refractivity contribution is -0.139. The van der Waals surface area contributed by atoms with Crippen molar-refractivity contribution in [3.63, 3.8) is 0 Å². The molecule has 3 aromatic rings. The van der Waals surface area contributed by atoms with Crippen LogP contribution in [0, 0.1) is 0 Å². The van der Waals surface area contributed by atoms with Gasteiger partial charge in [-0.1, -0.05) is 68.4 Å². The lowest BCUT2D eigenvalue weighted by atomic mass is 9.87. The first-order chi connectivity index (χ1) is 13.7. The van der Waals surface area contributed by atoms with Crippen LogP contribution in [0.2, 0.25) is 5.02 Å². The second-order valence-corrected chi connectivity index (χ2v) is 9.47. The standard InChI is InChI=1S/C22H24ClN3O2S/c1-14(20(27)28-5)29-21-25-24-19(26(21)18-12-10-17(23)11-13-18)15-6-8-16(9-7-15)22(2,3)4/h6-14H,1-5H3. The molecule has 3 rings (SSSR count). The van der Waals surface area contributed by atoms with Crippen LogP contribution in [-0.2, 0) is 14.9 Å². The minimum atomic E-state index is -0.411. The van der Waals surface area contributed by atoms with E-state index >= 15 is 0 Å². The summed E-state index contributed by atoms with van der Waals surface area (Å²) in [6.07, 6.45) is 0. The molecular formula is C22H24ClN3O2S. The smallest absolute Gasteiger partial charge is 0.318 e. The normalized spacial score (nSPS) is 12.6. The number of hydrogen-bond acceptors (Lipinski definition) is 5. The molecule has 0 saturated carbocycles. The highest BCUT2D eigenvalue weighted by atomic mass is 35.5. The van der Waals surface area contributed by atoms with Crippen molar-refractivity contribution in [2.75, 3.05) is 7.11 Å². The third-order valence-electron chi connectivity index (χ3n) is 4.54. The van der Waals surface area contributed by atoms with Gasteiger partial charge in [0.1, 0.15) is 5.25 Å². The number of aromatic nitrogens is 3. The highest BCUT2D eigenvalue weighted by Gasteiger charge is 2.22. The highest BCUT2D eigenvalue weighted by molar-refractivity contribution is 8.00. The molecule has 0 radical (unpaired) electrons. The van der Waals surface area contributed by atoms with Gasteiger partial charge in [0.05, 0.1) is 7.11 Å². The van der Waals surface area contributed by atoms with Crippen LogP contribution in [0.15, 0.2) is 53.7 Å². The van der Waals surface area contributed by atoms with Crippen LogP contribution in [0.5, 0.6) is 0 Å². The predicted octanol–water partition coefficient (Wildman–Crippen LogP) is 5.54. The van der Waals surface area contributed by atoms with E-state index in [0.717, 1.165) is 11.3 Å². The van der Waals surface area contributed by atoms with Crippen molar-refractivity contribution in [2.24, 2.45) is 0 Å². The van der Waals surface area contributed by atoms with Crippen molar-refractivity contribution in [3.8, 4) is 17.1 Å². The number of esters is 1. The Morgan fingerprint density at radius 1 is 1.07 bits per heavy atom. The van der Waals surface area contributed by atoms with Gasteiger partial charge >= 0.3 is 5.97 Å². The lowest BCUT2D eigenvalue weighted by Crippen LogP contribution is -2.15. The Kier molecular flexibility index (Phi) is 6.34. The first-order valence-electron chi connectivity index (χ1n) is 9.27. The van der Waals surface area contributed by atoms with Crippen LogP contribution in [0.4, 0.5) is 0 Å². The van der Waals surface area contributed by atoms with Crippen molar-refractivity contribution >= 4 is 29.3 Å². The number of thioether (sulfide) groups is 1. The molecular weight excluding hydrogens is 406 g/mol. The first kappa shape index (κ1) is 21.4. The van der Waals surface area contributed by atoms with Crippen molar-refractivity contribution in [1.82, 2.24) is 14.8 Å². The van der Waals surface area contributed by atoms with Crippen LogP contribution in [0.1, 0.15) is 33.3 Å². The zero-order valence-corrected chi connectivity index (χ0v) is 18.7. The lowest BCUT2D eigenvalue weighted by Gasteiger charge is -2.19. The second kappa shape index (κ2) is 8.59. The molecule has 0 bridgehead atoms. The van der Waals surface area contributed by atoms with Crippen LogP contribution in [-0.4, -0.2) is 33.1 Å². The number of hydrogen-bond donors (Lipinski definition) is 0. The minimum Gasteiger partial charge on any atom is -0.468 e. The summed E-state index contributed by atoms with van der Waals surface area (Å²) in [6.45, 7) is 8.33. The summed E-state index contributed by atoms with van der Waals surface area (Å²) in [5, 5.41) is 9.63. The maximum Gasteiger partial charge on any atom is 0.318 e. The van der Waals surface area contributed by atoms with Gasteiger partial charge < -0.3 is 4.74 Å². The molecule has 0 N–H and O–H groups in total. The van der Waals surface area contributed by atoms with Gasteiger partial charge in [-0.3, -0.25) is 9.36 Å². The van der Waals surface area contributed by atoms with Crippen molar-refractivity contribution in [3.05, 3.63) is 59.1 Å². The largest absolute Gasteiger partial charge is 0.468 e. The summed E-state index contributed by atoms with van der Waals surface area (Å²) in [5.74, 6) is 0.393. The second-order valence-electron chi connectivity index (χ2n) is 7.73. The Hall–Kier alpha value is -2.31. The molecule has 1 heterocycles. The fraction of sp³-hybridized carbons (Fsp3) is 0.318. The molecule has 0 spiro atoms. The Morgan fingerprint density at radius 2 is 1.69 bits per heavy atom. The van der Waals surface area contributed by atoms with E-state index in [4.69, 9.17) is 16.3 Å². The number of rotatable bonds is 5. The molecule has 29 heavy (non-hydrogen) atoms. The number of carbonyl (C=O) groups is 1. The van der Waals surface area contributed by atoms with Crippen LogP contribution in [0.3, 0.4) is 0 Å². The SMILES string of the molecule is COC(=O)C(C)Sc1nnc(-c2ccc(C(C)(C)C)cc2)n1-c1ccc(Cl)cc1. The maximum atomic E-state index is 11.9. The predicted molar refractivity (Wildman–Crippen MR) is 118 cm³/mol. The Labute approximate surface area is 180 Å². The third kappa shape index (κ3) is 4.82. The molecule has 0 fully saturated rings. The summed E-state index contributed by atoms with van der Waals surface area (Å²) in [6, 6.07) is 15.8. The molecule has 0 aliphatic carbocycles. The number of methoxy groups -OCH3 is 1. The summed E-state index contributed by atoms with van der Waals surface area (Å²) >= 11 is 7.37. The molecule has 0 aliphatic rings. The van der Waals surface area contributed by atoms with Crippen LogP contribution < -0.4 is 0 Å². The van der Waals surface area contributed by atoms with E-state index in [2.05, 4.69) is 55.2 Å². The Bertz CT molecular complexity index is 992. The number of halogens is 1. The number of benzene rings is 2. The molecule has 5 nitrogen and oxygen atoms in total. The number of ether oxygens (including phenoxy) is 1. The van der Waals surface area contributed by atoms with E-state index < -0.39 is 5.25 Å². The van der Waals surface area contributed by atoms with Crippen molar-refractivity contribution in [2.45, 2.75) is 43.5 Å². The quantitative estimate of drug-likeness (QED) is 0.393. The molecule has 1 unspecified atom stereocenters. The molecule has 152 valence electrons. The fourth-order valence-electron chi connectivity index (χ4n) is 2.85. The van der Waals surface area contributed by atoms with E-state index in [-0.39, 0.29) is 11.4 Å².